The molecule has 5 rings (SSSR count). The summed E-state index contributed by atoms with van der Waals surface area (Å²) in [5, 5.41) is 25.7. The van der Waals surface area contributed by atoms with E-state index in [0.717, 1.165) is 22.3 Å². The summed E-state index contributed by atoms with van der Waals surface area (Å²) in [4.78, 5) is 26.7. The predicted octanol–water partition coefficient (Wildman–Crippen LogP) is 4.51. The van der Waals surface area contributed by atoms with E-state index in [0.29, 0.717) is 27.8 Å². The van der Waals surface area contributed by atoms with Gasteiger partial charge in [0.15, 0.2) is 5.82 Å². The molecule has 2 aromatic heterocycles. The van der Waals surface area contributed by atoms with E-state index < -0.39 is 17.9 Å². The number of carbonyl (C=O) groups is 2. The molecule has 2 heterocycles. The second kappa shape index (κ2) is 12.0. The molecule has 3 N–H and O–H groups in total. The van der Waals surface area contributed by atoms with Crippen LogP contribution >= 0.6 is 11.6 Å². The van der Waals surface area contributed by atoms with Crippen molar-refractivity contribution in [3.8, 4) is 22.5 Å². The van der Waals surface area contributed by atoms with Crippen molar-refractivity contribution in [1.82, 2.24) is 29.9 Å². The van der Waals surface area contributed by atoms with Crippen LogP contribution in [0.1, 0.15) is 21.6 Å². The van der Waals surface area contributed by atoms with Gasteiger partial charge >= 0.3 is 0 Å². The maximum Gasteiger partial charge on any atom is 0.270 e. The lowest BCUT2D eigenvalue weighted by molar-refractivity contribution is -0.118. The van der Waals surface area contributed by atoms with Gasteiger partial charge in [-0.1, -0.05) is 41.9 Å². The zero-order valence-electron chi connectivity index (χ0n) is 22.4. The van der Waals surface area contributed by atoms with E-state index in [1.165, 1.54) is 17.1 Å². The van der Waals surface area contributed by atoms with Gasteiger partial charge in [0.1, 0.15) is 18.1 Å². The Morgan fingerprint density at radius 1 is 0.976 bits per heavy atom. The van der Waals surface area contributed by atoms with Crippen LogP contribution in [0.15, 0.2) is 85.3 Å². The van der Waals surface area contributed by atoms with Crippen molar-refractivity contribution >= 4 is 35.3 Å². The van der Waals surface area contributed by atoms with E-state index in [9.17, 15) is 9.59 Å². The number of nitrogens with zero attached hydrogens (tertiary/aromatic N) is 5. The van der Waals surface area contributed by atoms with E-state index in [1.54, 1.807) is 42.2 Å². The summed E-state index contributed by atoms with van der Waals surface area (Å²) in [7, 11) is 3.51. The van der Waals surface area contributed by atoms with Gasteiger partial charge in [-0.25, -0.2) is 0 Å². The SMILES string of the molecule is Cn1cnnc1-c1ccc(NC(=O)C(Cc2cc(-c3ccc(C=N)cc3)ccc2Cl)NC(=O)c2ccnn2C)cc1. The lowest BCUT2D eigenvalue weighted by Crippen LogP contribution is -2.45. The minimum atomic E-state index is -0.941. The number of amides is 2. The summed E-state index contributed by atoms with van der Waals surface area (Å²) in [6.45, 7) is 0. The molecule has 0 aliphatic carbocycles. The van der Waals surface area contributed by atoms with Crippen molar-refractivity contribution < 1.29 is 9.59 Å². The standard InChI is InChI=1S/C30H27ClN8O2/c1-38-18-33-37-28(38)21-7-10-24(11-8-21)35-29(40)26(36-30(41)27-13-14-34-39(27)2)16-23-15-22(9-12-25(23)31)20-5-3-19(17-32)4-6-20/h3-15,17-18,26,32H,16H2,1-2H3,(H,35,40)(H,36,41). The fourth-order valence-corrected chi connectivity index (χ4v) is 4.61. The average molecular weight is 567 g/mol. The third kappa shape index (κ3) is 6.23. The maximum atomic E-state index is 13.6. The molecule has 0 bridgehead atoms. The van der Waals surface area contributed by atoms with E-state index in [4.69, 9.17) is 17.0 Å². The molecule has 11 heteroatoms. The predicted molar refractivity (Wildman–Crippen MR) is 158 cm³/mol. The Hall–Kier alpha value is -5.09. The van der Waals surface area contributed by atoms with Gasteiger partial charge in [-0.15, -0.1) is 10.2 Å². The Kier molecular flexibility index (Phi) is 8.02. The normalized spacial score (nSPS) is 11.6. The van der Waals surface area contributed by atoms with Crippen LogP contribution in [0.2, 0.25) is 5.02 Å². The molecule has 0 spiro atoms. The minimum Gasteiger partial charge on any atom is -0.339 e. The fourth-order valence-electron chi connectivity index (χ4n) is 4.42. The quantitative estimate of drug-likeness (QED) is 0.226. The van der Waals surface area contributed by atoms with Crippen LogP contribution in [0, 0.1) is 5.41 Å². The molecule has 0 aliphatic rings. The van der Waals surface area contributed by atoms with Crippen LogP contribution in [-0.2, 0) is 25.3 Å². The first-order valence-electron chi connectivity index (χ1n) is 12.8. The van der Waals surface area contributed by atoms with Crippen LogP contribution in [0.25, 0.3) is 22.5 Å². The van der Waals surface area contributed by atoms with E-state index >= 15 is 0 Å². The summed E-state index contributed by atoms with van der Waals surface area (Å²) in [6.07, 6.45) is 4.57. The van der Waals surface area contributed by atoms with Crippen molar-refractivity contribution in [2.45, 2.75) is 12.5 Å². The number of benzene rings is 3. The maximum absolute atomic E-state index is 13.6. The highest BCUT2D eigenvalue weighted by Gasteiger charge is 2.25. The number of halogens is 1. The van der Waals surface area contributed by atoms with Gasteiger partial charge in [-0.3, -0.25) is 14.3 Å². The Morgan fingerprint density at radius 3 is 2.32 bits per heavy atom. The van der Waals surface area contributed by atoms with Gasteiger partial charge in [-0.05, 0) is 64.7 Å². The second-order valence-electron chi connectivity index (χ2n) is 9.47. The molecule has 1 unspecified atom stereocenters. The molecule has 3 aromatic carbocycles. The summed E-state index contributed by atoms with van der Waals surface area (Å²) < 4.78 is 3.25. The molecule has 2 amide bonds. The number of aromatic nitrogens is 5. The lowest BCUT2D eigenvalue weighted by Gasteiger charge is -2.20. The van der Waals surface area contributed by atoms with Gasteiger partial charge in [0, 0.05) is 49.2 Å². The monoisotopic (exact) mass is 566 g/mol. The minimum absolute atomic E-state index is 0.150. The van der Waals surface area contributed by atoms with E-state index in [1.807, 2.05) is 55.6 Å². The molecule has 0 saturated carbocycles. The highest BCUT2D eigenvalue weighted by molar-refractivity contribution is 6.31. The first-order valence-corrected chi connectivity index (χ1v) is 13.1. The van der Waals surface area contributed by atoms with E-state index in [2.05, 4.69) is 25.9 Å². The highest BCUT2D eigenvalue weighted by atomic mass is 35.5. The first-order chi connectivity index (χ1) is 19.8. The van der Waals surface area contributed by atoms with Gasteiger partial charge in [0.25, 0.3) is 5.91 Å². The van der Waals surface area contributed by atoms with Crippen LogP contribution in [0.3, 0.4) is 0 Å². The smallest absolute Gasteiger partial charge is 0.270 e. The summed E-state index contributed by atoms with van der Waals surface area (Å²) >= 11 is 6.58. The number of carbonyl (C=O) groups excluding carboxylic acids is 2. The fraction of sp³-hybridized carbons (Fsp3) is 0.133. The zero-order chi connectivity index (χ0) is 28.9. The van der Waals surface area contributed by atoms with Gasteiger partial charge in [-0.2, -0.15) is 5.10 Å². The molecule has 0 fully saturated rings. The van der Waals surface area contributed by atoms with Crippen molar-refractivity contribution in [3.05, 3.63) is 107 Å². The third-order valence-corrected chi connectivity index (χ3v) is 7.05. The van der Waals surface area contributed by atoms with Crippen LogP contribution < -0.4 is 10.6 Å². The van der Waals surface area contributed by atoms with Crippen LogP contribution in [-0.4, -0.2) is 48.6 Å². The number of hydrogen-bond donors (Lipinski definition) is 3. The topological polar surface area (TPSA) is 131 Å². The molecule has 0 aliphatic heterocycles. The van der Waals surface area contributed by atoms with Gasteiger partial charge < -0.3 is 20.6 Å². The zero-order valence-corrected chi connectivity index (χ0v) is 23.1. The van der Waals surface area contributed by atoms with Crippen molar-refractivity contribution in [1.29, 1.82) is 5.41 Å². The van der Waals surface area contributed by atoms with Crippen molar-refractivity contribution in [2.75, 3.05) is 5.32 Å². The lowest BCUT2D eigenvalue weighted by atomic mass is 9.98. The van der Waals surface area contributed by atoms with Crippen LogP contribution in [0.4, 0.5) is 5.69 Å². The summed E-state index contributed by atoms with van der Waals surface area (Å²) in [6, 6.07) is 21.0. The molecule has 41 heavy (non-hydrogen) atoms. The van der Waals surface area contributed by atoms with Gasteiger partial charge in [0.2, 0.25) is 5.91 Å². The molecule has 0 radical (unpaired) electrons. The number of aryl methyl sites for hydroxylation is 2. The summed E-state index contributed by atoms with van der Waals surface area (Å²) in [5.74, 6) is -0.132. The number of rotatable bonds is 9. The third-order valence-electron chi connectivity index (χ3n) is 6.68. The number of nitrogens with one attached hydrogen (secondary N) is 3. The number of hydrogen-bond acceptors (Lipinski definition) is 6. The molecule has 0 saturated heterocycles. The first kappa shape index (κ1) is 27.5. The Bertz CT molecular complexity index is 1710. The molecular weight excluding hydrogens is 540 g/mol. The van der Waals surface area contributed by atoms with Crippen molar-refractivity contribution in [2.24, 2.45) is 14.1 Å². The van der Waals surface area contributed by atoms with Gasteiger partial charge in [0.05, 0.1) is 0 Å². The molecular formula is C30H27ClN8O2. The Labute approximate surface area is 241 Å². The summed E-state index contributed by atoms with van der Waals surface area (Å²) in [5.41, 5.74) is 5.06. The molecule has 5 aromatic rings. The van der Waals surface area contributed by atoms with E-state index in [-0.39, 0.29) is 6.42 Å². The Balaban J connectivity index is 1.40. The molecule has 10 nitrogen and oxygen atoms in total. The molecule has 206 valence electrons. The molecule has 1 atom stereocenters. The largest absolute Gasteiger partial charge is 0.339 e. The Morgan fingerprint density at radius 2 is 1.68 bits per heavy atom. The second-order valence-corrected chi connectivity index (χ2v) is 9.88. The average Bonchev–Trinajstić information content (AvgIpc) is 3.62. The van der Waals surface area contributed by atoms with Crippen molar-refractivity contribution in [3.63, 3.8) is 0 Å². The highest BCUT2D eigenvalue weighted by Crippen LogP contribution is 2.27. The van der Waals surface area contributed by atoms with Crippen LogP contribution in [0.5, 0.6) is 0 Å². The number of anilines is 1.